The zero-order valence-electron chi connectivity index (χ0n) is 12.6. The van der Waals surface area contributed by atoms with Crippen LogP contribution in [0.5, 0.6) is 0 Å². The summed E-state index contributed by atoms with van der Waals surface area (Å²) in [6.07, 6.45) is 4.04. The highest BCUT2D eigenvalue weighted by molar-refractivity contribution is 5.71. The third-order valence-corrected chi connectivity index (χ3v) is 2.79. The molecular formula is C19H26. The average Bonchev–Trinajstić information content (AvgIpc) is 2.38. The SMILES string of the molecule is C=C(C)C(=C)CCC.C=CC(=C)c1cccc(C)c1. The molecule has 0 aliphatic rings. The van der Waals surface area contributed by atoms with Crippen LogP contribution < -0.4 is 0 Å². The Hall–Kier alpha value is -1.82. The van der Waals surface area contributed by atoms with Crippen LogP contribution in [-0.4, -0.2) is 0 Å². The Labute approximate surface area is 118 Å². The van der Waals surface area contributed by atoms with Crippen LogP contribution in [0.2, 0.25) is 0 Å². The van der Waals surface area contributed by atoms with E-state index < -0.39 is 0 Å². The maximum absolute atomic E-state index is 3.87. The second-order valence-electron chi connectivity index (χ2n) is 4.73. The van der Waals surface area contributed by atoms with E-state index >= 15 is 0 Å². The lowest BCUT2D eigenvalue weighted by atomic mass is 10.1. The number of hydrogen-bond acceptors (Lipinski definition) is 0. The molecule has 0 heterocycles. The molecule has 0 amide bonds. The molecule has 0 aromatic heterocycles. The van der Waals surface area contributed by atoms with Gasteiger partial charge in [-0.25, -0.2) is 0 Å². The molecular weight excluding hydrogens is 228 g/mol. The standard InChI is InChI=1S/C11H12.C8H14/c1-4-10(3)11-7-5-6-9(2)8-11;1-5-6-8(4)7(2)3/h4-8H,1,3H2,2H3;2,4-6H2,1,3H3. The lowest BCUT2D eigenvalue weighted by Crippen LogP contribution is -1.79. The van der Waals surface area contributed by atoms with Gasteiger partial charge in [0, 0.05) is 0 Å². The van der Waals surface area contributed by atoms with Crippen molar-refractivity contribution < 1.29 is 0 Å². The minimum absolute atomic E-state index is 0.980. The molecule has 102 valence electrons. The molecule has 1 aromatic carbocycles. The predicted octanol–water partition coefficient (Wildman–Crippen LogP) is 6.11. The Morgan fingerprint density at radius 1 is 1.21 bits per heavy atom. The van der Waals surface area contributed by atoms with Gasteiger partial charge in [0.25, 0.3) is 0 Å². The van der Waals surface area contributed by atoms with Crippen LogP contribution in [0.15, 0.2) is 67.8 Å². The molecule has 0 bridgehead atoms. The van der Waals surface area contributed by atoms with Gasteiger partial charge in [0.15, 0.2) is 0 Å². The Kier molecular flexibility index (Phi) is 8.28. The van der Waals surface area contributed by atoms with Crippen LogP contribution >= 0.6 is 0 Å². The molecule has 0 saturated heterocycles. The molecule has 1 rings (SSSR count). The minimum atomic E-state index is 0.980. The van der Waals surface area contributed by atoms with E-state index in [2.05, 4.69) is 52.3 Å². The Bertz CT molecular complexity index is 461. The zero-order chi connectivity index (χ0) is 14.8. The largest absolute Gasteiger partial charge is 0.0985 e. The summed E-state index contributed by atoms with van der Waals surface area (Å²) >= 11 is 0. The molecule has 0 atom stereocenters. The zero-order valence-corrected chi connectivity index (χ0v) is 12.6. The lowest BCUT2D eigenvalue weighted by Gasteiger charge is -1.99. The smallest absolute Gasteiger partial charge is 0.0188 e. The van der Waals surface area contributed by atoms with Crippen LogP contribution in [0.25, 0.3) is 5.57 Å². The highest BCUT2D eigenvalue weighted by atomic mass is 14.0. The van der Waals surface area contributed by atoms with Gasteiger partial charge >= 0.3 is 0 Å². The van der Waals surface area contributed by atoms with Gasteiger partial charge in [-0.15, -0.1) is 0 Å². The van der Waals surface area contributed by atoms with E-state index in [1.807, 2.05) is 19.1 Å². The molecule has 0 N–H and O–H groups in total. The molecule has 0 aliphatic carbocycles. The van der Waals surface area contributed by atoms with Gasteiger partial charge in [0.1, 0.15) is 0 Å². The van der Waals surface area contributed by atoms with Crippen molar-refractivity contribution in [1.82, 2.24) is 0 Å². The number of allylic oxidation sites excluding steroid dienone is 4. The predicted molar refractivity (Wildman–Crippen MR) is 89.3 cm³/mol. The first kappa shape index (κ1) is 17.2. The van der Waals surface area contributed by atoms with Crippen LogP contribution in [0.4, 0.5) is 0 Å². The Morgan fingerprint density at radius 2 is 1.84 bits per heavy atom. The van der Waals surface area contributed by atoms with E-state index in [-0.39, 0.29) is 0 Å². The van der Waals surface area contributed by atoms with E-state index in [0.29, 0.717) is 0 Å². The summed E-state index contributed by atoms with van der Waals surface area (Å²) in [5, 5.41) is 0. The highest BCUT2D eigenvalue weighted by Gasteiger charge is 1.92. The van der Waals surface area contributed by atoms with E-state index in [0.717, 1.165) is 23.1 Å². The molecule has 0 heteroatoms. The van der Waals surface area contributed by atoms with Crippen molar-refractivity contribution in [2.75, 3.05) is 0 Å². The molecule has 0 radical (unpaired) electrons. The fourth-order valence-electron chi connectivity index (χ4n) is 1.48. The highest BCUT2D eigenvalue weighted by Crippen LogP contribution is 2.13. The van der Waals surface area contributed by atoms with Crippen LogP contribution in [0, 0.1) is 6.92 Å². The molecule has 0 spiro atoms. The van der Waals surface area contributed by atoms with Crippen molar-refractivity contribution >= 4 is 5.57 Å². The van der Waals surface area contributed by atoms with E-state index in [9.17, 15) is 0 Å². The number of aryl methyl sites for hydroxylation is 1. The number of hydrogen-bond donors (Lipinski definition) is 0. The Morgan fingerprint density at radius 3 is 2.21 bits per heavy atom. The van der Waals surface area contributed by atoms with Gasteiger partial charge in [-0.3, -0.25) is 0 Å². The monoisotopic (exact) mass is 254 g/mol. The number of benzene rings is 1. The van der Waals surface area contributed by atoms with Crippen molar-refractivity contribution in [2.45, 2.75) is 33.6 Å². The topological polar surface area (TPSA) is 0 Å². The normalized spacial score (nSPS) is 9.00. The second kappa shape index (κ2) is 9.16. The van der Waals surface area contributed by atoms with Crippen molar-refractivity contribution in [2.24, 2.45) is 0 Å². The van der Waals surface area contributed by atoms with Crippen molar-refractivity contribution in [1.29, 1.82) is 0 Å². The fourth-order valence-corrected chi connectivity index (χ4v) is 1.48. The fraction of sp³-hybridized carbons (Fsp3) is 0.263. The van der Waals surface area contributed by atoms with E-state index in [1.165, 1.54) is 17.6 Å². The summed E-state index contributed by atoms with van der Waals surface area (Å²) in [5.74, 6) is 0. The quantitative estimate of drug-likeness (QED) is 0.556. The first-order valence-corrected chi connectivity index (χ1v) is 6.64. The molecule has 0 unspecified atom stereocenters. The average molecular weight is 254 g/mol. The summed E-state index contributed by atoms with van der Waals surface area (Å²) < 4.78 is 0. The summed E-state index contributed by atoms with van der Waals surface area (Å²) in [4.78, 5) is 0. The van der Waals surface area contributed by atoms with Crippen molar-refractivity contribution in [3.05, 3.63) is 78.9 Å². The summed E-state index contributed by atoms with van der Waals surface area (Å²) in [6, 6.07) is 8.24. The van der Waals surface area contributed by atoms with Gasteiger partial charge in [-0.1, -0.05) is 86.7 Å². The number of rotatable bonds is 5. The first-order valence-electron chi connectivity index (χ1n) is 6.64. The molecule has 1 aromatic rings. The van der Waals surface area contributed by atoms with Gasteiger partial charge in [-0.2, -0.15) is 0 Å². The van der Waals surface area contributed by atoms with E-state index in [4.69, 9.17) is 0 Å². The maximum atomic E-state index is 3.87. The lowest BCUT2D eigenvalue weighted by molar-refractivity contribution is 0.916. The van der Waals surface area contributed by atoms with Crippen molar-refractivity contribution in [3.63, 3.8) is 0 Å². The third-order valence-electron chi connectivity index (χ3n) is 2.79. The van der Waals surface area contributed by atoms with Crippen LogP contribution in [0.1, 0.15) is 37.8 Å². The van der Waals surface area contributed by atoms with Crippen LogP contribution in [0.3, 0.4) is 0 Å². The minimum Gasteiger partial charge on any atom is -0.0985 e. The molecule has 0 fully saturated rings. The third kappa shape index (κ3) is 7.25. The first-order chi connectivity index (χ1) is 8.92. The second-order valence-corrected chi connectivity index (χ2v) is 4.73. The van der Waals surface area contributed by atoms with Crippen molar-refractivity contribution in [3.8, 4) is 0 Å². The van der Waals surface area contributed by atoms with E-state index in [1.54, 1.807) is 6.08 Å². The Balaban J connectivity index is 0.000000362. The maximum Gasteiger partial charge on any atom is -0.0188 e. The summed E-state index contributed by atoms with van der Waals surface area (Å²) in [5.41, 5.74) is 5.69. The van der Waals surface area contributed by atoms with Gasteiger partial charge in [0.05, 0.1) is 0 Å². The molecule has 0 aliphatic heterocycles. The molecule has 19 heavy (non-hydrogen) atoms. The molecule has 0 saturated carbocycles. The van der Waals surface area contributed by atoms with Gasteiger partial charge in [-0.05, 0) is 31.4 Å². The summed E-state index contributed by atoms with van der Waals surface area (Å²) in [7, 11) is 0. The van der Waals surface area contributed by atoms with Gasteiger partial charge < -0.3 is 0 Å². The van der Waals surface area contributed by atoms with Crippen LogP contribution in [-0.2, 0) is 0 Å². The summed E-state index contributed by atoms with van der Waals surface area (Å²) in [6.45, 7) is 21.4. The molecule has 0 nitrogen and oxygen atoms in total. The van der Waals surface area contributed by atoms with Gasteiger partial charge in [0.2, 0.25) is 0 Å².